The molecule has 0 spiro atoms. The Labute approximate surface area is 169 Å². The molecule has 2 saturated heterocycles. The number of methoxy groups -OCH3 is 1. The van der Waals surface area contributed by atoms with Crippen LogP contribution in [0.3, 0.4) is 0 Å². The second kappa shape index (κ2) is 8.55. The molecule has 2 aromatic rings. The third-order valence-corrected chi connectivity index (χ3v) is 5.58. The number of H-pyrrole nitrogens is 1. The van der Waals surface area contributed by atoms with Crippen LogP contribution < -0.4 is 9.47 Å². The number of benzene rings is 1. The van der Waals surface area contributed by atoms with Gasteiger partial charge in [-0.25, -0.2) is 0 Å². The molecule has 4 rings (SSSR count). The van der Waals surface area contributed by atoms with Crippen molar-refractivity contribution >= 4 is 11.8 Å². The predicted octanol–water partition coefficient (Wildman–Crippen LogP) is 2.34. The smallest absolute Gasteiger partial charge is 0.257 e. The standard InChI is InChI=1S/C21H26N4O4/c1-28-17-4-5-18(21(27)24-8-2-3-9-24)19(12-17)29-16-6-10-25(11-7-16)20(26)15-13-22-23-14-15/h4-5,12-14,16H,2-3,6-11H2,1H3,(H,22,23). The molecule has 2 aliphatic rings. The molecule has 0 aliphatic carbocycles. The summed E-state index contributed by atoms with van der Waals surface area (Å²) in [7, 11) is 1.60. The topological polar surface area (TPSA) is 87.8 Å². The van der Waals surface area contributed by atoms with Crippen molar-refractivity contribution in [1.29, 1.82) is 0 Å². The average Bonchev–Trinajstić information content (AvgIpc) is 3.47. The van der Waals surface area contributed by atoms with Gasteiger partial charge in [-0.2, -0.15) is 5.10 Å². The molecule has 0 atom stereocenters. The van der Waals surface area contributed by atoms with Crippen LogP contribution >= 0.6 is 0 Å². The number of hydrogen-bond donors (Lipinski definition) is 1. The second-order valence-electron chi connectivity index (χ2n) is 7.46. The van der Waals surface area contributed by atoms with Crippen molar-refractivity contribution in [3.8, 4) is 11.5 Å². The Kier molecular flexibility index (Phi) is 5.69. The van der Waals surface area contributed by atoms with E-state index in [9.17, 15) is 9.59 Å². The number of likely N-dealkylation sites (tertiary alicyclic amines) is 2. The van der Waals surface area contributed by atoms with Crippen molar-refractivity contribution in [3.05, 3.63) is 41.7 Å². The lowest BCUT2D eigenvalue weighted by Gasteiger charge is -2.32. The summed E-state index contributed by atoms with van der Waals surface area (Å²) in [6.07, 6.45) is 6.59. The number of hydrogen-bond acceptors (Lipinski definition) is 5. The van der Waals surface area contributed by atoms with Crippen molar-refractivity contribution in [2.24, 2.45) is 0 Å². The van der Waals surface area contributed by atoms with E-state index in [1.807, 2.05) is 9.80 Å². The molecule has 0 radical (unpaired) electrons. The van der Waals surface area contributed by atoms with Gasteiger partial charge in [-0.3, -0.25) is 14.7 Å². The number of nitrogens with one attached hydrogen (secondary N) is 1. The maximum Gasteiger partial charge on any atom is 0.257 e. The zero-order valence-electron chi connectivity index (χ0n) is 16.6. The van der Waals surface area contributed by atoms with Crippen LogP contribution in [0.25, 0.3) is 0 Å². The van der Waals surface area contributed by atoms with Gasteiger partial charge in [-0.15, -0.1) is 0 Å². The molecule has 1 aromatic carbocycles. The molecule has 2 amide bonds. The molecule has 0 unspecified atom stereocenters. The molecule has 1 aromatic heterocycles. The van der Waals surface area contributed by atoms with E-state index in [0.717, 1.165) is 25.9 Å². The highest BCUT2D eigenvalue weighted by Gasteiger charge is 2.28. The molecule has 29 heavy (non-hydrogen) atoms. The summed E-state index contributed by atoms with van der Waals surface area (Å²) < 4.78 is 11.6. The lowest BCUT2D eigenvalue weighted by Crippen LogP contribution is -2.41. The minimum atomic E-state index is -0.0550. The molecule has 154 valence electrons. The number of rotatable bonds is 5. The zero-order valence-corrected chi connectivity index (χ0v) is 16.6. The Balaban J connectivity index is 1.43. The molecule has 2 aliphatic heterocycles. The number of aromatic nitrogens is 2. The number of carbonyl (C=O) groups is 2. The van der Waals surface area contributed by atoms with E-state index in [2.05, 4.69) is 10.2 Å². The zero-order chi connectivity index (χ0) is 20.2. The lowest BCUT2D eigenvalue weighted by molar-refractivity contribution is 0.0591. The highest BCUT2D eigenvalue weighted by molar-refractivity contribution is 5.97. The maximum absolute atomic E-state index is 12.9. The fourth-order valence-corrected chi connectivity index (χ4v) is 3.90. The minimum absolute atomic E-state index is 0.00715. The van der Waals surface area contributed by atoms with E-state index in [-0.39, 0.29) is 17.9 Å². The Morgan fingerprint density at radius 3 is 2.45 bits per heavy atom. The van der Waals surface area contributed by atoms with E-state index in [0.29, 0.717) is 48.6 Å². The Morgan fingerprint density at radius 2 is 1.79 bits per heavy atom. The van der Waals surface area contributed by atoms with Gasteiger partial charge in [0.15, 0.2) is 0 Å². The highest BCUT2D eigenvalue weighted by Crippen LogP contribution is 2.30. The van der Waals surface area contributed by atoms with Crippen LogP contribution in [-0.2, 0) is 0 Å². The van der Waals surface area contributed by atoms with Crippen LogP contribution in [0.4, 0.5) is 0 Å². The first kappa shape index (κ1) is 19.3. The number of carbonyl (C=O) groups excluding carboxylic acids is 2. The molecule has 3 heterocycles. The van der Waals surface area contributed by atoms with Gasteiger partial charge in [-0.05, 0) is 25.0 Å². The van der Waals surface area contributed by atoms with Crippen molar-refractivity contribution in [2.45, 2.75) is 31.8 Å². The third kappa shape index (κ3) is 4.21. The average molecular weight is 398 g/mol. The summed E-state index contributed by atoms with van der Waals surface area (Å²) in [6, 6.07) is 5.36. The Bertz CT molecular complexity index is 854. The van der Waals surface area contributed by atoms with Gasteiger partial charge in [0.1, 0.15) is 17.6 Å². The molecule has 8 heteroatoms. The number of amides is 2. The highest BCUT2D eigenvalue weighted by atomic mass is 16.5. The third-order valence-electron chi connectivity index (χ3n) is 5.58. The summed E-state index contributed by atoms with van der Waals surface area (Å²) in [5, 5.41) is 6.51. The van der Waals surface area contributed by atoms with Crippen LogP contribution in [0.1, 0.15) is 46.4 Å². The molecular formula is C21H26N4O4. The summed E-state index contributed by atoms with van der Waals surface area (Å²) in [6.45, 7) is 2.79. The lowest BCUT2D eigenvalue weighted by atomic mass is 10.1. The normalized spacial score (nSPS) is 17.4. The molecule has 8 nitrogen and oxygen atoms in total. The first-order valence-electron chi connectivity index (χ1n) is 10.1. The van der Waals surface area contributed by atoms with Gasteiger partial charge < -0.3 is 19.3 Å². The second-order valence-corrected chi connectivity index (χ2v) is 7.46. The molecule has 1 N–H and O–H groups in total. The largest absolute Gasteiger partial charge is 0.497 e. The van der Waals surface area contributed by atoms with Gasteiger partial charge in [-0.1, -0.05) is 0 Å². The summed E-state index contributed by atoms with van der Waals surface area (Å²) in [5.41, 5.74) is 1.14. The van der Waals surface area contributed by atoms with Gasteiger partial charge in [0, 0.05) is 51.3 Å². The predicted molar refractivity (Wildman–Crippen MR) is 106 cm³/mol. The van der Waals surface area contributed by atoms with Crippen LogP contribution in [0.2, 0.25) is 0 Å². The van der Waals surface area contributed by atoms with Crippen LogP contribution in [0, 0.1) is 0 Å². The number of nitrogens with zero attached hydrogens (tertiary/aromatic N) is 3. The van der Waals surface area contributed by atoms with E-state index < -0.39 is 0 Å². The first-order valence-corrected chi connectivity index (χ1v) is 10.1. The SMILES string of the molecule is COc1ccc(C(=O)N2CCCC2)c(OC2CCN(C(=O)c3cn[nH]c3)CC2)c1. The summed E-state index contributed by atoms with van der Waals surface area (Å²) >= 11 is 0. The van der Waals surface area contributed by atoms with E-state index in [4.69, 9.17) is 9.47 Å². The quantitative estimate of drug-likeness (QED) is 0.835. The maximum atomic E-state index is 12.9. The van der Waals surface area contributed by atoms with Gasteiger partial charge in [0.25, 0.3) is 11.8 Å². The summed E-state index contributed by atoms with van der Waals surface area (Å²) in [5.74, 6) is 1.20. The van der Waals surface area contributed by atoms with Crippen molar-refractivity contribution in [1.82, 2.24) is 20.0 Å². The molecule has 0 bridgehead atoms. The number of aromatic amines is 1. The fourth-order valence-electron chi connectivity index (χ4n) is 3.90. The van der Waals surface area contributed by atoms with Crippen LogP contribution in [-0.4, -0.2) is 71.2 Å². The van der Waals surface area contributed by atoms with Crippen LogP contribution in [0.5, 0.6) is 11.5 Å². The number of ether oxygens (including phenoxy) is 2. The molecular weight excluding hydrogens is 372 g/mol. The monoisotopic (exact) mass is 398 g/mol. The van der Waals surface area contributed by atoms with Crippen LogP contribution in [0.15, 0.2) is 30.6 Å². The first-order chi connectivity index (χ1) is 14.2. The summed E-state index contributed by atoms with van der Waals surface area (Å²) in [4.78, 5) is 29.1. The minimum Gasteiger partial charge on any atom is -0.497 e. The molecule has 0 saturated carbocycles. The van der Waals surface area contributed by atoms with Crippen molar-refractivity contribution < 1.29 is 19.1 Å². The van der Waals surface area contributed by atoms with E-state index in [1.165, 1.54) is 6.20 Å². The Hall–Kier alpha value is -3.03. The van der Waals surface area contributed by atoms with Gasteiger partial charge in [0.2, 0.25) is 0 Å². The Morgan fingerprint density at radius 1 is 1.07 bits per heavy atom. The molecule has 2 fully saturated rings. The fraction of sp³-hybridized carbons (Fsp3) is 0.476. The van der Waals surface area contributed by atoms with E-state index in [1.54, 1.807) is 31.5 Å². The van der Waals surface area contributed by atoms with Gasteiger partial charge in [0.05, 0.1) is 24.4 Å². The van der Waals surface area contributed by atoms with Crippen molar-refractivity contribution in [3.63, 3.8) is 0 Å². The van der Waals surface area contributed by atoms with E-state index >= 15 is 0 Å². The van der Waals surface area contributed by atoms with Crippen molar-refractivity contribution in [2.75, 3.05) is 33.3 Å². The van der Waals surface area contributed by atoms with Gasteiger partial charge >= 0.3 is 0 Å². The number of piperidine rings is 1.